The molecule has 0 aromatic heterocycles. The number of halogens is 3. The van der Waals surface area contributed by atoms with E-state index in [1.165, 1.54) is 6.08 Å². The molecule has 37 heavy (non-hydrogen) atoms. The van der Waals surface area contributed by atoms with E-state index in [1.807, 2.05) is 0 Å². The average Bonchev–Trinajstić information content (AvgIpc) is 2.85. The Hall–Kier alpha value is -3.66. The number of urea groups is 1. The van der Waals surface area contributed by atoms with Gasteiger partial charge in [0.05, 0.1) is 20.9 Å². The number of carbonyl (C=O) groups excluding carboxylic acids is 4. The first-order chi connectivity index (χ1) is 17.7. The van der Waals surface area contributed by atoms with Crippen molar-refractivity contribution in [3.8, 4) is 5.75 Å². The Morgan fingerprint density at radius 1 is 1.05 bits per heavy atom. The molecule has 188 valence electrons. The summed E-state index contributed by atoms with van der Waals surface area (Å²) in [5, 5.41) is 5.62. The predicted molar refractivity (Wildman–Crippen MR) is 145 cm³/mol. The van der Waals surface area contributed by atoms with Crippen molar-refractivity contribution in [1.29, 1.82) is 0 Å². The number of rotatable bonds is 6. The van der Waals surface area contributed by atoms with Crippen LogP contribution in [0.5, 0.6) is 5.75 Å². The summed E-state index contributed by atoms with van der Waals surface area (Å²) in [6.07, 6.45) is 1.36. The molecule has 0 radical (unpaired) electrons. The number of anilines is 2. The van der Waals surface area contributed by atoms with E-state index in [0.717, 1.165) is 4.90 Å². The molecule has 2 N–H and O–H groups in total. The largest absolute Gasteiger partial charge is 0.483 e. The van der Waals surface area contributed by atoms with Crippen LogP contribution in [0.3, 0.4) is 0 Å². The van der Waals surface area contributed by atoms with Crippen LogP contribution in [-0.2, 0) is 14.4 Å². The van der Waals surface area contributed by atoms with Crippen molar-refractivity contribution in [2.45, 2.75) is 6.92 Å². The minimum atomic E-state index is -0.863. The summed E-state index contributed by atoms with van der Waals surface area (Å²) in [6.45, 7) is 1.39. The van der Waals surface area contributed by atoms with Gasteiger partial charge in [-0.2, -0.15) is 0 Å². The molecule has 1 fully saturated rings. The Kier molecular flexibility index (Phi) is 7.97. The van der Waals surface area contributed by atoms with Gasteiger partial charge in [-0.3, -0.25) is 19.7 Å². The second-order valence-electron chi connectivity index (χ2n) is 7.85. The van der Waals surface area contributed by atoms with Crippen LogP contribution >= 0.6 is 39.1 Å². The lowest BCUT2D eigenvalue weighted by molar-refractivity contribution is -0.122. The van der Waals surface area contributed by atoms with E-state index >= 15 is 0 Å². The summed E-state index contributed by atoms with van der Waals surface area (Å²) in [7, 11) is 0. The third-order valence-electron chi connectivity index (χ3n) is 5.36. The van der Waals surface area contributed by atoms with Crippen LogP contribution in [0.4, 0.5) is 16.2 Å². The summed E-state index contributed by atoms with van der Waals surface area (Å²) >= 11 is 15.6. The number of barbiturate groups is 1. The molecule has 0 aliphatic carbocycles. The molecule has 0 atom stereocenters. The number of ether oxygens (including phenoxy) is 1. The second kappa shape index (κ2) is 11.2. The molecule has 0 spiro atoms. The Morgan fingerprint density at radius 3 is 2.51 bits per heavy atom. The van der Waals surface area contributed by atoms with E-state index in [0.29, 0.717) is 37.1 Å². The number of hydrogen-bond acceptors (Lipinski definition) is 5. The van der Waals surface area contributed by atoms with Gasteiger partial charge in [-0.1, -0.05) is 47.5 Å². The summed E-state index contributed by atoms with van der Waals surface area (Å²) in [6, 6.07) is 15.6. The van der Waals surface area contributed by atoms with Gasteiger partial charge in [-0.05, 0) is 76.5 Å². The minimum Gasteiger partial charge on any atom is -0.483 e. The van der Waals surface area contributed by atoms with Gasteiger partial charge < -0.3 is 10.1 Å². The zero-order valence-electron chi connectivity index (χ0n) is 19.2. The van der Waals surface area contributed by atoms with Gasteiger partial charge in [0.2, 0.25) is 0 Å². The third kappa shape index (κ3) is 5.85. The van der Waals surface area contributed by atoms with E-state index < -0.39 is 23.8 Å². The van der Waals surface area contributed by atoms with Crippen LogP contribution in [0.2, 0.25) is 10.0 Å². The average molecular weight is 603 g/mol. The standard InChI is InChI=1S/C26H18BrCl2N3O5/c1-14-18(28)6-4-8-21(14)32-25(35)16(24(34)31-26(32)36)11-15-9-10-22(17(27)12-15)37-13-23(33)30-20-7-3-2-5-19(20)29/h2-12H,13H2,1H3,(H,30,33)(H,31,34,36)/b16-11-. The Bertz CT molecular complexity index is 1470. The van der Waals surface area contributed by atoms with Crippen molar-refractivity contribution in [3.05, 3.63) is 91.9 Å². The van der Waals surface area contributed by atoms with E-state index in [2.05, 4.69) is 26.6 Å². The van der Waals surface area contributed by atoms with Crippen molar-refractivity contribution in [2.75, 3.05) is 16.8 Å². The highest BCUT2D eigenvalue weighted by atomic mass is 79.9. The van der Waals surface area contributed by atoms with Gasteiger partial charge in [0.1, 0.15) is 11.3 Å². The number of carbonyl (C=O) groups is 4. The second-order valence-corrected chi connectivity index (χ2v) is 9.52. The summed E-state index contributed by atoms with van der Waals surface area (Å²) in [5.41, 5.74) is 1.50. The molecule has 0 unspecified atom stereocenters. The minimum absolute atomic E-state index is 0.237. The fourth-order valence-corrected chi connectivity index (χ4v) is 4.36. The zero-order chi connectivity index (χ0) is 26.7. The Morgan fingerprint density at radius 2 is 1.78 bits per heavy atom. The van der Waals surface area contributed by atoms with Crippen LogP contribution in [-0.4, -0.2) is 30.4 Å². The first-order valence-corrected chi connectivity index (χ1v) is 12.3. The van der Waals surface area contributed by atoms with Gasteiger partial charge >= 0.3 is 6.03 Å². The number of nitrogens with zero attached hydrogens (tertiary/aromatic N) is 1. The smallest absolute Gasteiger partial charge is 0.335 e. The van der Waals surface area contributed by atoms with Crippen molar-refractivity contribution in [1.82, 2.24) is 5.32 Å². The number of para-hydroxylation sites is 1. The molecule has 5 amide bonds. The molecule has 1 heterocycles. The molecule has 3 aromatic rings. The van der Waals surface area contributed by atoms with Gasteiger partial charge in [-0.25, -0.2) is 9.69 Å². The van der Waals surface area contributed by atoms with Crippen LogP contribution in [0, 0.1) is 6.92 Å². The van der Waals surface area contributed by atoms with Crippen molar-refractivity contribution < 1.29 is 23.9 Å². The van der Waals surface area contributed by atoms with Crippen LogP contribution < -0.4 is 20.3 Å². The first kappa shape index (κ1) is 26.4. The molecular weight excluding hydrogens is 585 g/mol. The quantitative estimate of drug-likeness (QED) is 0.276. The molecule has 3 aromatic carbocycles. The highest BCUT2D eigenvalue weighted by molar-refractivity contribution is 9.10. The molecule has 0 bridgehead atoms. The maximum Gasteiger partial charge on any atom is 0.335 e. The number of amides is 5. The van der Waals surface area contributed by atoms with Crippen LogP contribution in [0.15, 0.2) is 70.7 Å². The lowest BCUT2D eigenvalue weighted by Crippen LogP contribution is -2.54. The Labute approximate surface area is 230 Å². The summed E-state index contributed by atoms with van der Waals surface area (Å²) in [4.78, 5) is 51.2. The number of imide groups is 2. The topological polar surface area (TPSA) is 105 Å². The van der Waals surface area contributed by atoms with E-state index in [1.54, 1.807) is 67.6 Å². The van der Waals surface area contributed by atoms with Gasteiger partial charge in [0.15, 0.2) is 6.61 Å². The maximum atomic E-state index is 13.2. The molecule has 8 nitrogen and oxygen atoms in total. The molecular formula is C26H18BrCl2N3O5. The highest BCUT2D eigenvalue weighted by Gasteiger charge is 2.37. The monoisotopic (exact) mass is 601 g/mol. The van der Waals surface area contributed by atoms with Crippen molar-refractivity contribution >= 4 is 80.3 Å². The summed E-state index contributed by atoms with van der Waals surface area (Å²) in [5.74, 6) is -1.65. The fraction of sp³-hybridized carbons (Fsp3) is 0.0769. The molecule has 4 rings (SSSR count). The van der Waals surface area contributed by atoms with E-state index in [9.17, 15) is 19.2 Å². The third-order valence-corrected chi connectivity index (χ3v) is 6.71. The molecule has 11 heteroatoms. The van der Waals surface area contributed by atoms with Crippen molar-refractivity contribution in [3.63, 3.8) is 0 Å². The zero-order valence-corrected chi connectivity index (χ0v) is 22.3. The number of hydrogen-bond donors (Lipinski definition) is 2. The molecule has 0 saturated carbocycles. The fourth-order valence-electron chi connectivity index (χ4n) is 3.50. The van der Waals surface area contributed by atoms with Gasteiger partial charge in [0.25, 0.3) is 17.7 Å². The number of benzene rings is 3. The molecule has 1 aliphatic heterocycles. The maximum absolute atomic E-state index is 13.2. The van der Waals surface area contributed by atoms with Crippen molar-refractivity contribution in [2.24, 2.45) is 0 Å². The molecule has 1 saturated heterocycles. The summed E-state index contributed by atoms with van der Waals surface area (Å²) < 4.78 is 6.06. The van der Waals surface area contributed by atoms with E-state index in [-0.39, 0.29) is 17.9 Å². The van der Waals surface area contributed by atoms with E-state index in [4.69, 9.17) is 27.9 Å². The normalized spacial score (nSPS) is 14.5. The first-order valence-electron chi connectivity index (χ1n) is 10.8. The predicted octanol–water partition coefficient (Wildman–Crippen LogP) is 5.75. The highest BCUT2D eigenvalue weighted by Crippen LogP contribution is 2.31. The lowest BCUT2D eigenvalue weighted by atomic mass is 10.1. The van der Waals surface area contributed by atoms with Crippen LogP contribution in [0.1, 0.15) is 11.1 Å². The molecule has 1 aliphatic rings. The Balaban J connectivity index is 1.51. The van der Waals surface area contributed by atoms with Crippen LogP contribution in [0.25, 0.3) is 6.08 Å². The van der Waals surface area contributed by atoms with Gasteiger partial charge in [0, 0.05) is 5.02 Å². The SMILES string of the molecule is Cc1c(Cl)cccc1N1C(=O)NC(=O)/C(=C/c2ccc(OCC(=O)Nc3ccccc3Cl)c(Br)c2)C1=O. The number of nitrogens with one attached hydrogen (secondary N) is 2. The lowest BCUT2D eigenvalue weighted by Gasteiger charge is -2.27. The van der Waals surface area contributed by atoms with Gasteiger partial charge in [-0.15, -0.1) is 0 Å².